The molecule has 4 aliphatic heterocycles. The summed E-state index contributed by atoms with van der Waals surface area (Å²) in [6, 6.07) is 9.47. The molecule has 0 amide bonds. The third-order valence-corrected chi connectivity index (χ3v) is 9.26. The Hall–Kier alpha value is -2.19. The van der Waals surface area contributed by atoms with E-state index < -0.39 is 73.4 Å². The van der Waals surface area contributed by atoms with E-state index in [-0.39, 0.29) is 25.2 Å². The molecule has 0 spiro atoms. The summed E-state index contributed by atoms with van der Waals surface area (Å²) in [7, 11) is 0. The van der Waals surface area contributed by atoms with E-state index in [2.05, 4.69) is 20.1 Å². The van der Waals surface area contributed by atoms with Gasteiger partial charge < -0.3 is 47.7 Å². The fraction of sp³-hybridized carbons (Fsp3) is 0.703. The molecule has 12 atom stereocenters. The van der Waals surface area contributed by atoms with Crippen molar-refractivity contribution < 1.29 is 52.5 Å². The largest absolute Gasteiger partial charge is 0.456 e. The third kappa shape index (κ3) is 9.12. The first-order chi connectivity index (χ1) is 23.1. The minimum Gasteiger partial charge on any atom is -0.456 e. The molecule has 11 heteroatoms. The molecule has 1 N–H and O–H groups in total. The second kappa shape index (κ2) is 17.2. The van der Waals surface area contributed by atoms with Crippen LogP contribution in [0, 0.1) is 0 Å². The second-order valence-corrected chi connectivity index (χ2v) is 13.5. The van der Waals surface area contributed by atoms with Gasteiger partial charge in [0.1, 0.15) is 36.6 Å². The van der Waals surface area contributed by atoms with Crippen molar-refractivity contribution in [1.82, 2.24) is 0 Å². The van der Waals surface area contributed by atoms with Gasteiger partial charge in [-0.1, -0.05) is 49.4 Å². The number of carbonyl (C=O) groups is 1. The highest BCUT2D eigenvalue weighted by Crippen LogP contribution is 2.42. The number of esters is 1. The van der Waals surface area contributed by atoms with Gasteiger partial charge in [-0.05, 0) is 65.7 Å². The van der Waals surface area contributed by atoms with Crippen LogP contribution in [0.1, 0.15) is 90.9 Å². The Balaban J connectivity index is 1.37. The van der Waals surface area contributed by atoms with Gasteiger partial charge >= 0.3 is 5.97 Å². The van der Waals surface area contributed by atoms with E-state index in [9.17, 15) is 9.90 Å². The van der Waals surface area contributed by atoms with Crippen LogP contribution >= 0.6 is 0 Å². The molecule has 11 unspecified atom stereocenters. The van der Waals surface area contributed by atoms with Crippen LogP contribution in [-0.4, -0.2) is 91.0 Å². The summed E-state index contributed by atoms with van der Waals surface area (Å²) in [5, 5.41) is 11.8. The number of carbonyl (C=O) groups excluding carboxylic acids is 1. The molecule has 48 heavy (non-hydrogen) atoms. The number of ether oxygens (including phenoxy) is 9. The molecule has 4 fully saturated rings. The molecule has 0 saturated carbocycles. The molecule has 4 saturated heterocycles. The highest BCUT2D eigenvalue weighted by Gasteiger charge is 2.58. The average molecular weight is 675 g/mol. The van der Waals surface area contributed by atoms with Crippen LogP contribution in [0.2, 0.25) is 0 Å². The highest BCUT2D eigenvalue weighted by molar-refractivity contribution is 5.69. The first-order valence-corrected chi connectivity index (χ1v) is 17.5. The number of hydrogen-bond donors (Lipinski definition) is 1. The van der Waals surface area contributed by atoms with Crippen molar-refractivity contribution in [2.75, 3.05) is 6.61 Å². The van der Waals surface area contributed by atoms with E-state index in [0.29, 0.717) is 6.42 Å². The highest BCUT2D eigenvalue weighted by atomic mass is 16.8. The van der Waals surface area contributed by atoms with Gasteiger partial charge in [-0.25, -0.2) is 0 Å². The van der Waals surface area contributed by atoms with Crippen LogP contribution in [0.3, 0.4) is 0 Å². The maximum atomic E-state index is 13.1. The van der Waals surface area contributed by atoms with Gasteiger partial charge in [-0.3, -0.25) is 4.79 Å². The number of allylic oxidation sites excluding steroid dienone is 2. The Morgan fingerprint density at radius 2 is 1.71 bits per heavy atom. The summed E-state index contributed by atoms with van der Waals surface area (Å²) in [5.74, 6) is -1.33. The Labute approximate surface area is 284 Å². The second-order valence-electron chi connectivity index (χ2n) is 13.5. The van der Waals surface area contributed by atoms with Gasteiger partial charge in [-0.15, -0.1) is 13.2 Å². The Kier molecular flexibility index (Phi) is 13.2. The van der Waals surface area contributed by atoms with E-state index in [4.69, 9.17) is 42.6 Å². The summed E-state index contributed by atoms with van der Waals surface area (Å²) in [6.45, 7) is 15.4. The zero-order chi connectivity index (χ0) is 34.3. The maximum Gasteiger partial charge on any atom is 0.306 e. The van der Waals surface area contributed by atoms with Crippen LogP contribution in [0.15, 0.2) is 55.6 Å². The van der Waals surface area contributed by atoms with Crippen LogP contribution in [0.4, 0.5) is 0 Å². The number of fused-ring (bicyclic) bond motifs is 2. The normalized spacial score (nSPS) is 36.4. The molecule has 0 aliphatic carbocycles. The summed E-state index contributed by atoms with van der Waals surface area (Å²) in [4.78, 5) is 13.1. The monoisotopic (exact) mass is 674 g/mol. The number of rotatable bonds is 16. The quantitative estimate of drug-likeness (QED) is 0.133. The van der Waals surface area contributed by atoms with E-state index in [0.717, 1.165) is 44.1 Å². The molecule has 11 nitrogen and oxygen atoms in total. The number of aliphatic hydroxyl groups is 1. The first kappa shape index (κ1) is 37.1. The van der Waals surface area contributed by atoms with E-state index in [1.54, 1.807) is 0 Å². The van der Waals surface area contributed by atoms with Gasteiger partial charge in [0.25, 0.3) is 0 Å². The molecule has 268 valence electrons. The molecule has 0 aromatic heterocycles. The molecule has 0 bridgehead atoms. The van der Waals surface area contributed by atoms with Gasteiger partial charge in [-0.2, -0.15) is 0 Å². The number of hydrogen-bond acceptors (Lipinski definition) is 11. The van der Waals surface area contributed by atoms with E-state index in [1.165, 1.54) is 0 Å². The molecule has 4 aliphatic rings. The van der Waals surface area contributed by atoms with E-state index >= 15 is 0 Å². The average Bonchev–Trinajstić information content (AvgIpc) is 3.42. The molecular weight excluding hydrogens is 620 g/mol. The van der Waals surface area contributed by atoms with Crippen molar-refractivity contribution in [3.8, 4) is 0 Å². The van der Waals surface area contributed by atoms with Crippen molar-refractivity contribution in [2.24, 2.45) is 0 Å². The van der Waals surface area contributed by atoms with Crippen molar-refractivity contribution in [1.29, 1.82) is 0 Å². The van der Waals surface area contributed by atoms with Crippen LogP contribution in [-0.2, 0) is 47.4 Å². The molecule has 0 radical (unpaired) electrons. The lowest BCUT2D eigenvalue weighted by Gasteiger charge is -2.49. The first-order valence-electron chi connectivity index (χ1n) is 17.5. The lowest BCUT2D eigenvalue weighted by atomic mass is 9.96. The van der Waals surface area contributed by atoms with Gasteiger partial charge in [0.15, 0.2) is 30.8 Å². The van der Waals surface area contributed by atoms with E-state index in [1.807, 2.05) is 63.3 Å². The number of aliphatic hydroxyl groups excluding tert-OH is 1. The zero-order valence-corrected chi connectivity index (χ0v) is 28.8. The van der Waals surface area contributed by atoms with Gasteiger partial charge in [0, 0.05) is 12.0 Å². The molecular formula is C37H54O11. The molecule has 1 aromatic carbocycles. The smallest absolute Gasteiger partial charge is 0.306 e. The van der Waals surface area contributed by atoms with Crippen LogP contribution in [0.5, 0.6) is 0 Å². The number of unbranched alkanes of at least 4 members (excludes halogenated alkanes) is 3. The third-order valence-electron chi connectivity index (χ3n) is 9.26. The minimum absolute atomic E-state index is 0.105. The SMILES string of the molecule is C=CCCCCC(=O)OC1C(O)C(OC2C(O[C@@H](CC)CCCC=C)OC(C)C3OC(C)(C)OC32)OC2COC(c3ccccc3)OC21. The lowest BCUT2D eigenvalue weighted by molar-refractivity contribution is -0.388. The van der Waals surface area contributed by atoms with Gasteiger partial charge in [0.2, 0.25) is 0 Å². The minimum atomic E-state index is -1.40. The van der Waals surface area contributed by atoms with Crippen LogP contribution < -0.4 is 0 Å². The fourth-order valence-electron chi connectivity index (χ4n) is 6.77. The summed E-state index contributed by atoms with van der Waals surface area (Å²) >= 11 is 0. The predicted molar refractivity (Wildman–Crippen MR) is 175 cm³/mol. The van der Waals surface area contributed by atoms with Crippen molar-refractivity contribution >= 4 is 5.97 Å². The van der Waals surface area contributed by atoms with Crippen molar-refractivity contribution in [3.63, 3.8) is 0 Å². The van der Waals surface area contributed by atoms with Gasteiger partial charge in [0.05, 0.1) is 18.8 Å². The fourth-order valence-corrected chi connectivity index (χ4v) is 6.77. The summed E-state index contributed by atoms with van der Waals surface area (Å²) in [6.07, 6.45) is 0.412. The van der Waals surface area contributed by atoms with Crippen molar-refractivity contribution in [2.45, 2.75) is 159 Å². The molecule has 1 aromatic rings. The maximum absolute atomic E-state index is 13.1. The Morgan fingerprint density at radius 3 is 2.44 bits per heavy atom. The Morgan fingerprint density at radius 1 is 0.979 bits per heavy atom. The molecule has 5 rings (SSSR count). The van der Waals surface area contributed by atoms with Crippen molar-refractivity contribution in [3.05, 3.63) is 61.2 Å². The lowest BCUT2D eigenvalue weighted by Crippen LogP contribution is -2.66. The topological polar surface area (TPSA) is 120 Å². The summed E-state index contributed by atoms with van der Waals surface area (Å²) in [5.41, 5.74) is 0.803. The molecule has 4 heterocycles. The van der Waals surface area contributed by atoms with Crippen LogP contribution in [0.25, 0.3) is 0 Å². The number of benzene rings is 1. The predicted octanol–water partition coefficient (Wildman–Crippen LogP) is 5.65. The standard InChI is InChI=1S/C37H54O11/c1-7-10-12-17-21-27(38)44-31-28(39)35(43-26-22-40-34(45-30(26)31)24-18-15-13-16-19-24)46-33-32-29(47-37(5,6)48-32)23(4)41-36(33)42-25(9-3)20-14-11-8-2/h7-8,13,15-16,18-19,23,25-26,28-36,39H,1-2,9-12,14,17,20-22H2,3-6H3/t23?,25-,26?,28?,29?,30?,31?,32?,33?,34?,35?,36?/m0/s1. The summed E-state index contributed by atoms with van der Waals surface area (Å²) < 4.78 is 56.9. The Bertz CT molecular complexity index is 1180. The zero-order valence-electron chi connectivity index (χ0n) is 28.8.